The van der Waals surface area contributed by atoms with E-state index in [1.54, 1.807) is 24.3 Å². The molecule has 3 aliphatic rings. The molecule has 0 aliphatic carbocycles. The fraction of sp³-hybridized carbons (Fsp3) is 0.167. The predicted octanol–water partition coefficient (Wildman–Crippen LogP) is 8.57. The molecule has 2 atom stereocenters. The van der Waals surface area contributed by atoms with Gasteiger partial charge in [-0.15, -0.1) is 0 Å². The van der Waals surface area contributed by atoms with Crippen molar-refractivity contribution in [1.29, 1.82) is 0 Å². The lowest BCUT2D eigenvalue weighted by Crippen LogP contribution is -2.54. The van der Waals surface area contributed by atoms with Crippen LogP contribution in [0.25, 0.3) is 6.08 Å². The zero-order valence-electron chi connectivity index (χ0n) is 27.2. The number of carbonyl (C=O) groups excluding carboxylic acids is 3. The van der Waals surface area contributed by atoms with Crippen LogP contribution in [-0.4, -0.2) is 30.9 Å². The largest absolute Gasteiger partial charge is 0.489 e. The van der Waals surface area contributed by atoms with Gasteiger partial charge in [-0.1, -0.05) is 101 Å². The normalized spacial score (nSPS) is 19.3. The number of imide groups is 2. The number of halogens is 1. The second kappa shape index (κ2) is 13.4. The summed E-state index contributed by atoms with van der Waals surface area (Å²) < 4.78 is 6.93. The maximum Gasteiger partial charge on any atom is 0.335 e. The molecule has 0 spiro atoms. The van der Waals surface area contributed by atoms with Crippen molar-refractivity contribution in [3.8, 4) is 5.75 Å². The van der Waals surface area contributed by atoms with Crippen molar-refractivity contribution in [2.75, 3.05) is 22.9 Å². The van der Waals surface area contributed by atoms with E-state index in [1.807, 2.05) is 48.5 Å². The van der Waals surface area contributed by atoms with Crippen LogP contribution < -0.4 is 19.9 Å². The van der Waals surface area contributed by atoms with E-state index < -0.39 is 17.8 Å². The lowest BCUT2D eigenvalue weighted by Gasteiger charge is -2.44. The standard InChI is InChI=1S/C42H34BrN3O4/c43-31-15-11-28(12-16-31)26-50-33-17-13-27(14-18-33)23-38-40(47)44-42(49)46(41(38)48)32-24-36-34(29-7-3-1-4-8-29)19-21-45-22-20-35(37(25-32)39(36)45)30-9-5-2-6-10-30/h1-18,23-25,34-35H,19-22,26H2,(H,44,47,49)/b38-23+/t34-,35-/m0/s1. The van der Waals surface area contributed by atoms with Gasteiger partial charge in [-0.2, -0.15) is 0 Å². The van der Waals surface area contributed by atoms with Crippen LogP contribution in [0.15, 0.2) is 131 Å². The summed E-state index contributed by atoms with van der Waals surface area (Å²) in [5, 5.41) is 2.43. The number of anilines is 2. The highest BCUT2D eigenvalue weighted by atomic mass is 79.9. The molecule has 5 aromatic rings. The summed E-state index contributed by atoms with van der Waals surface area (Å²) in [6.45, 7) is 2.26. The second-order valence-corrected chi connectivity index (χ2v) is 13.8. The molecule has 8 heteroatoms. The molecule has 0 unspecified atom stereocenters. The summed E-state index contributed by atoms with van der Waals surface area (Å²) in [7, 11) is 0. The van der Waals surface area contributed by atoms with E-state index in [0.717, 1.165) is 52.0 Å². The third-order valence-electron chi connectivity index (χ3n) is 9.87. The molecule has 0 bridgehead atoms. The summed E-state index contributed by atoms with van der Waals surface area (Å²) in [4.78, 5) is 44.4. The third kappa shape index (κ3) is 6.11. The maximum absolute atomic E-state index is 14.2. The summed E-state index contributed by atoms with van der Waals surface area (Å²) in [5.41, 5.74) is 7.79. The predicted molar refractivity (Wildman–Crippen MR) is 198 cm³/mol. The van der Waals surface area contributed by atoms with E-state index >= 15 is 0 Å². The number of amides is 4. The van der Waals surface area contributed by atoms with Crippen molar-refractivity contribution in [3.05, 3.63) is 165 Å². The van der Waals surface area contributed by atoms with Crippen LogP contribution in [0, 0.1) is 0 Å². The van der Waals surface area contributed by atoms with Crippen LogP contribution in [0.2, 0.25) is 0 Å². The van der Waals surface area contributed by atoms with E-state index in [9.17, 15) is 14.4 Å². The molecule has 8 rings (SSSR count). The molecule has 1 N–H and O–H groups in total. The van der Waals surface area contributed by atoms with Gasteiger partial charge in [-0.05, 0) is 88.7 Å². The van der Waals surface area contributed by atoms with Crippen molar-refractivity contribution < 1.29 is 19.1 Å². The van der Waals surface area contributed by atoms with Gasteiger partial charge in [0, 0.05) is 35.1 Å². The lowest BCUT2D eigenvalue weighted by atomic mass is 9.76. The third-order valence-corrected chi connectivity index (χ3v) is 10.4. The Hall–Kier alpha value is -5.47. The van der Waals surface area contributed by atoms with Crippen molar-refractivity contribution in [3.63, 3.8) is 0 Å². The molecule has 0 radical (unpaired) electrons. The van der Waals surface area contributed by atoms with Crippen LogP contribution in [0.5, 0.6) is 5.75 Å². The molecule has 1 saturated heterocycles. The molecule has 7 nitrogen and oxygen atoms in total. The van der Waals surface area contributed by atoms with E-state index in [2.05, 4.69) is 74.7 Å². The monoisotopic (exact) mass is 723 g/mol. The zero-order valence-corrected chi connectivity index (χ0v) is 28.8. The highest BCUT2D eigenvalue weighted by Gasteiger charge is 2.40. The molecule has 1 fully saturated rings. The molecule has 50 heavy (non-hydrogen) atoms. The molecule has 3 aliphatic heterocycles. The first-order valence-corrected chi connectivity index (χ1v) is 17.6. The Labute approximate surface area is 299 Å². The van der Waals surface area contributed by atoms with E-state index in [1.165, 1.54) is 22.9 Å². The quantitative estimate of drug-likeness (QED) is 0.135. The molecule has 4 amide bonds. The number of carbonyl (C=O) groups is 3. The number of barbiturate groups is 1. The van der Waals surface area contributed by atoms with Gasteiger partial charge in [-0.3, -0.25) is 14.9 Å². The minimum Gasteiger partial charge on any atom is -0.489 e. The SMILES string of the molecule is O=C1NC(=O)N(c2cc3c4c(c2)[C@H](c2ccccc2)CCN4CC[C@H]3c2ccccc2)C(=O)/C1=C/c1ccc(OCc2ccc(Br)cc2)cc1. The first kappa shape index (κ1) is 31.8. The zero-order chi connectivity index (χ0) is 34.2. The first-order chi connectivity index (χ1) is 24.4. The Bertz CT molecular complexity index is 2040. The Morgan fingerprint density at radius 1 is 0.740 bits per heavy atom. The van der Waals surface area contributed by atoms with Crippen LogP contribution in [-0.2, 0) is 16.2 Å². The number of rotatable bonds is 7. The number of hydrogen-bond donors (Lipinski definition) is 1. The van der Waals surface area contributed by atoms with E-state index in [0.29, 0.717) is 23.6 Å². The molecule has 0 saturated carbocycles. The Kier molecular flexibility index (Phi) is 8.54. The van der Waals surface area contributed by atoms with Gasteiger partial charge in [0.25, 0.3) is 11.8 Å². The highest BCUT2D eigenvalue weighted by Crippen LogP contribution is 2.50. The number of nitrogens with one attached hydrogen (secondary N) is 1. The number of ether oxygens (including phenoxy) is 1. The van der Waals surface area contributed by atoms with Crippen molar-refractivity contribution in [2.45, 2.75) is 31.3 Å². The van der Waals surface area contributed by atoms with Crippen molar-refractivity contribution in [2.24, 2.45) is 0 Å². The number of urea groups is 1. The lowest BCUT2D eigenvalue weighted by molar-refractivity contribution is -0.122. The average Bonchev–Trinajstić information content (AvgIpc) is 3.14. The van der Waals surface area contributed by atoms with Gasteiger partial charge in [-0.25, -0.2) is 9.69 Å². The first-order valence-electron chi connectivity index (χ1n) is 16.8. The summed E-state index contributed by atoms with van der Waals surface area (Å²) in [6, 6.07) is 39.1. The van der Waals surface area contributed by atoms with Gasteiger partial charge < -0.3 is 9.64 Å². The molecule has 248 valence electrons. The minimum atomic E-state index is -0.753. The van der Waals surface area contributed by atoms with Gasteiger partial charge in [0.2, 0.25) is 0 Å². The number of hydrogen-bond acceptors (Lipinski definition) is 5. The van der Waals surface area contributed by atoms with E-state index in [4.69, 9.17) is 4.74 Å². The fourth-order valence-corrected chi connectivity index (χ4v) is 7.70. The Morgan fingerprint density at radius 2 is 1.32 bits per heavy atom. The maximum atomic E-state index is 14.2. The van der Waals surface area contributed by atoms with Gasteiger partial charge in [0.05, 0.1) is 5.69 Å². The molecule has 5 aromatic carbocycles. The van der Waals surface area contributed by atoms with E-state index in [-0.39, 0.29) is 17.4 Å². The summed E-state index contributed by atoms with van der Waals surface area (Å²) >= 11 is 3.44. The van der Waals surface area contributed by atoms with Crippen LogP contribution in [0.1, 0.15) is 58.1 Å². The Balaban J connectivity index is 1.15. The topological polar surface area (TPSA) is 79.0 Å². The van der Waals surface area contributed by atoms with Gasteiger partial charge in [0.1, 0.15) is 17.9 Å². The summed E-state index contributed by atoms with van der Waals surface area (Å²) in [5.74, 6) is -0.525. The van der Waals surface area contributed by atoms with Crippen molar-refractivity contribution in [1.82, 2.24) is 5.32 Å². The molecular weight excluding hydrogens is 690 g/mol. The van der Waals surface area contributed by atoms with Crippen molar-refractivity contribution >= 4 is 51.2 Å². The Morgan fingerprint density at radius 3 is 1.90 bits per heavy atom. The van der Waals surface area contributed by atoms with Crippen LogP contribution in [0.3, 0.4) is 0 Å². The molecule has 0 aromatic heterocycles. The molecular formula is C42H34BrN3O4. The number of nitrogens with zero attached hydrogens (tertiary/aromatic N) is 2. The second-order valence-electron chi connectivity index (χ2n) is 12.9. The summed E-state index contributed by atoms with van der Waals surface area (Å²) in [6.07, 6.45) is 3.37. The number of benzene rings is 5. The van der Waals surface area contributed by atoms with Gasteiger partial charge in [0.15, 0.2) is 0 Å². The minimum absolute atomic E-state index is 0.0970. The van der Waals surface area contributed by atoms with Crippen LogP contribution in [0.4, 0.5) is 16.2 Å². The highest BCUT2D eigenvalue weighted by molar-refractivity contribution is 9.10. The van der Waals surface area contributed by atoms with Crippen LogP contribution >= 0.6 is 15.9 Å². The molecule has 3 heterocycles. The van der Waals surface area contributed by atoms with Gasteiger partial charge >= 0.3 is 6.03 Å². The fourth-order valence-electron chi connectivity index (χ4n) is 7.43. The average molecular weight is 725 g/mol. The smallest absolute Gasteiger partial charge is 0.335 e.